The van der Waals surface area contributed by atoms with Gasteiger partial charge in [-0.15, -0.1) is 0 Å². The molecule has 1 saturated heterocycles. The van der Waals surface area contributed by atoms with Crippen LogP contribution in [0.1, 0.15) is 60.3 Å². The van der Waals surface area contributed by atoms with Gasteiger partial charge in [0, 0.05) is 17.8 Å². The molecule has 0 amide bonds. The fourth-order valence-corrected chi connectivity index (χ4v) is 5.35. The van der Waals surface area contributed by atoms with Crippen molar-refractivity contribution in [3.63, 3.8) is 0 Å². The maximum Gasteiger partial charge on any atom is 0.0166 e. The van der Waals surface area contributed by atoms with Crippen LogP contribution >= 0.6 is 11.8 Å². The quantitative estimate of drug-likeness (QED) is 0.814. The van der Waals surface area contributed by atoms with Crippen molar-refractivity contribution in [2.75, 3.05) is 11.5 Å². The highest BCUT2D eigenvalue weighted by Gasteiger charge is 2.34. The third kappa shape index (κ3) is 4.39. The summed E-state index contributed by atoms with van der Waals surface area (Å²) >= 11 is 2.15. The van der Waals surface area contributed by atoms with Crippen molar-refractivity contribution in [2.45, 2.75) is 72.4 Å². The first-order valence-corrected chi connectivity index (χ1v) is 9.36. The fraction of sp³-hybridized carbons (Fsp3) is 1.00. The SMILES string of the molecule is CC1CCC(C(C)C)C(NC2CSCC(C)(C)C2)C1. The lowest BCUT2D eigenvalue weighted by Gasteiger charge is -2.43. The molecule has 0 bridgehead atoms. The van der Waals surface area contributed by atoms with Gasteiger partial charge in [-0.3, -0.25) is 0 Å². The molecule has 0 spiro atoms. The molecule has 2 rings (SSSR count). The van der Waals surface area contributed by atoms with Crippen LogP contribution in [0, 0.1) is 23.2 Å². The molecule has 2 aliphatic rings. The molecule has 1 saturated carbocycles. The van der Waals surface area contributed by atoms with Gasteiger partial charge in [-0.2, -0.15) is 11.8 Å². The van der Waals surface area contributed by atoms with Crippen LogP contribution in [0.2, 0.25) is 0 Å². The van der Waals surface area contributed by atoms with Gasteiger partial charge < -0.3 is 5.32 Å². The molecule has 2 heteroatoms. The Balaban J connectivity index is 1.94. The Kier molecular flexibility index (Phi) is 5.28. The van der Waals surface area contributed by atoms with Gasteiger partial charge in [0.2, 0.25) is 0 Å². The lowest BCUT2D eigenvalue weighted by Crippen LogP contribution is -2.50. The molecule has 19 heavy (non-hydrogen) atoms. The van der Waals surface area contributed by atoms with E-state index in [-0.39, 0.29) is 0 Å². The van der Waals surface area contributed by atoms with Crippen molar-refractivity contribution in [1.82, 2.24) is 5.32 Å². The predicted octanol–water partition coefficient (Wildman–Crippen LogP) is 4.57. The lowest BCUT2D eigenvalue weighted by atomic mass is 9.73. The Bertz CT molecular complexity index is 287. The molecule has 1 nitrogen and oxygen atoms in total. The van der Waals surface area contributed by atoms with Crippen molar-refractivity contribution in [2.24, 2.45) is 23.2 Å². The van der Waals surface area contributed by atoms with E-state index in [0.29, 0.717) is 5.41 Å². The Hall–Kier alpha value is 0.310. The van der Waals surface area contributed by atoms with Gasteiger partial charge in [0.1, 0.15) is 0 Å². The first-order chi connectivity index (χ1) is 8.87. The lowest BCUT2D eigenvalue weighted by molar-refractivity contribution is 0.152. The van der Waals surface area contributed by atoms with E-state index < -0.39 is 0 Å². The van der Waals surface area contributed by atoms with Crippen LogP contribution in [0.3, 0.4) is 0 Å². The maximum atomic E-state index is 4.05. The molecule has 2 fully saturated rings. The van der Waals surface area contributed by atoms with Crippen molar-refractivity contribution in [3.05, 3.63) is 0 Å². The van der Waals surface area contributed by atoms with Gasteiger partial charge in [-0.1, -0.05) is 41.0 Å². The van der Waals surface area contributed by atoms with E-state index in [2.05, 4.69) is 51.7 Å². The van der Waals surface area contributed by atoms with E-state index in [0.717, 1.165) is 29.8 Å². The molecule has 1 N–H and O–H groups in total. The summed E-state index contributed by atoms with van der Waals surface area (Å²) in [5.41, 5.74) is 0.522. The summed E-state index contributed by atoms with van der Waals surface area (Å²) in [6.45, 7) is 12.1. The summed E-state index contributed by atoms with van der Waals surface area (Å²) < 4.78 is 0. The minimum absolute atomic E-state index is 0.522. The first kappa shape index (κ1) is 15.7. The summed E-state index contributed by atoms with van der Waals surface area (Å²) in [5.74, 6) is 5.29. The smallest absolute Gasteiger partial charge is 0.0166 e. The predicted molar refractivity (Wildman–Crippen MR) is 87.8 cm³/mol. The highest BCUT2D eigenvalue weighted by atomic mass is 32.2. The van der Waals surface area contributed by atoms with Crippen LogP contribution in [-0.2, 0) is 0 Å². The number of thioether (sulfide) groups is 1. The third-order valence-corrected chi connectivity index (χ3v) is 6.71. The molecule has 1 aliphatic heterocycles. The zero-order chi connectivity index (χ0) is 14.0. The topological polar surface area (TPSA) is 12.0 Å². The maximum absolute atomic E-state index is 4.05. The van der Waals surface area contributed by atoms with Crippen molar-refractivity contribution in [1.29, 1.82) is 0 Å². The zero-order valence-corrected chi connectivity index (χ0v) is 14.4. The van der Waals surface area contributed by atoms with Gasteiger partial charge in [0.15, 0.2) is 0 Å². The van der Waals surface area contributed by atoms with E-state index in [1.165, 1.54) is 37.2 Å². The van der Waals surface area contributed by atoms with Crippen LogP contribution in [0.15, 0.2) is 0 Å². The summed E-state index contributed by atoms with van der Waals surface area (Å²) in [4.78, 5) is 0. The molecular formula is C17H33NS. The molecule has 4 atom stereocenters. The zero-order valence-electron chi connectivity index (χ0n) is 13.5. The molecule has 112 valence electrons. The van der Waals surface area contributed by atoms with Crippen LogP contribution < -0.4 is 5.32 Å². The molecule has 0 aromatic rings. The monoisotopic (exact) mass is 283 g/mol. The average Bonchev–Trinajstić information content (AvgIpc) is 2.27. The summed E-state index contributed by atoms with van der Waals surface area (Å²) in [7, 11) is 0. The molecule has 0 aromatic carbocycles. The van der Waals surface area contributed by atoms with Crippen LogP contribution in [0.25, 0.3) is 0 Å². The number of hydrogen-bond acceptors (Lipinski definition) is 2. The molecule has 4 unspecified atom stereocenters. The van der Waals surface area contributed by atoms with Crippen LogP contribution in [-0.4, -0.2) is 23.6 Å². The number of hydrogen-bond donors (Lipinski definition) is 1. The van der Waals surface area contributed by atoms with Crippen molar-refractivity contribution in [3.8, 4) is 0 Å². The average molecular weight is 284 g/mol. The molecular weight excluding hydrogens is 250 g/mol. The Morgan fingerprint density at radius 2 is 1.95 bits per heavy atom. The largest absolute Gasteiger partial charge is 0.310 e. The fourth-order valence-electron chi connectivity index (χ4n) is 4.07. The molecule has 1 heterocycles. The van der Waals surface area contributed by atoms with Gasteiger partial charge in [0.05, 0.1) is 0 Å². The van der Waals surface area contributed by atoms with E-state index >= 15 is 0 Å². The minimum Gasteiger partial charge on any atom is -0.310 e. The van der Waals surface area contributed by atoms with E-state index in [1.807, 2.05) is 0 Å². The Labute approximate surface area is 124 Å². The molecule has 0 radical (unpaired) electrons. The second-order valence-corrected chi connectivity index (χ2v) is 9.21. The summed E-state index contributed by atoms with van der Waals surface area (Å²) in [5, 5.41) is 4.05. The van der Waals surface area contributed by atoms with Gasteiger partial charge in [-0.05, 0) is 48.2 Å². The first-order valence-electron chi connectivity index (χ1n) is 8.21. The number of nitrogens with one attached hydrogen (secondary N) is 1. The highest BCUT2D eigenvalue weighted by Crippen LogP contribution is 2.37. The normalized spacial score (nSPS) is 39.5. The molecule has 0 aromatic heterocycles. The molecule has 1 aliphatic carbocycles. The van der Waals surface area contributed by atoms with Crippen LogP contribution in [0.4, 0.5) is 0 Å². The van der Waals surface area contributed by atoms with Crippen molar-refractivity contribution < 1.29 is 0 Å². The van der Waals surface area contributed by atoms with E-state index in [9.17, 15) is 0 Å². The second-order valence-electron chi connectivity index (χ2n) is 8.18. The Morgan fingerprint density at radius 3 is 2.58 bits per heavy atom. The second kappa shape index (κ2) is 6.39. The number of rotatable bonds is 3. The minimum atomic E-state index is 0.522. The van der Waals surface area contributed by atoms with Crippen molar-refractivity contribution >= 4 is 11.8 Å². The van der Waals surface area contributed by atoms with E-state index in [1.54, 1.807) is 0 Å². The highest BCUT2D eigenvalue weighted by molar-refractivity contribution is 7.99. The summed E-state index contributed by atoms with van der Waals surface area (Å²) in [6.07, 6.45) is 5.62. The van der Waals surface area contributed by atoms with Gasteiger partial charge in [-0.25, -0.2) is 0 Å². The van der Waals surface area contributed by atoms with Gasteiger partial charge >= 0.3 is 0 Å². The summed E-state index contributed by atoms with van der Waals surface area (Å²) in [6, 6.07) is 1.51. The van der Waals surface area contributed by atoms with E-state index in [4.69, 9.17) is 0 Å². The standard InChI is InChI=1S/C17H33NS/c1-12(2)15-7-6-13(3)8-16(15)18-14-9-17(4,5)11-19-10-14/h12-16,18H,6-11H2,1-5H3. The Morgan fingerprint density at radius 1 is 1.21 bits per heavy atom. The third-order valence-electron chi connectivity index (χ3n) is 5.08. The van der Waals surface area contributed by atoms with Gasteiger partial charge in [0.25, 0.3) is 0 Å². The van der Waals surface area contributed by atoms with Crippen LogP contribution in [0.5, 0.6) is 0 Å².